The number of aliphatic carboxylic acids is 1. The molecule has 0 aliphatic carbocycles. The highest BCUT2D eigenvalue weighted by atomic mass is 32.1. The Kier molecular flexibility index (Phi) is 4.34. The predicted molar refractivity (Wildman–Crippen MR) is 89.6 cm³/mol. The Morgan fingerprint density at radius 3 is 2.73 bits per heavy atom. The van der Waals surface area contributed by atoms with Crippen LogP contribution in [0.3, 0.4) is 0 Å². The summed E-state index contributed by atoms with van der Waals surface area (Å²) in [6.45, 7) is 0.825. The highest BCUT2D eigenvalue weighted by molar-refractivity contribution is 7.22. The number of hydrogen-bond acceptors (Lipinski definition) is 4. The molecule has 4 nitrogen and oxygen atoms in total. The van der Waals surface area contributed by atoms with Gasteiger partial charge in [0, 0.05) is 6.54 Å². The Balaban J connectivity index is 1.65. The molecule has 3 aromatic rings. The molecule has 22 heavy (non-hydrogen) atoms. The third-order valence-corrected chi connectivity index (χ3v) is 4.32. The summed E-state index contributed by atoms with van der Waals surface area (Å²) < 4.78 is 1.01. The van der Waals surface area contributed by atoms with Gasteiger partial charge in [-0.2, -0.15) is 0 Å². The van der Waals surface area contributed by atoms with Gasteiger partial charge in [0.2, 0.25) is 0 Å². The van der Waals surface area contributed by atoms with E-state index in [0.29, 0.717) is 0 Å². The van der Waals surface area contributed by atoms with Crippen LogP contribution in [0, 0.1) is 0 Å². The fourth-order valence-corrected chi connectivity index (χ4v) is 3.24. The lowest BCUT2D eigenvalue weighted by molar-refractivity contribution is -0.136. The lowest BCUT2D eigenvalue weighted by atomic mass is 10.1. The third kappa shape index (κ3) is 3.62. The lowest BCUT2D eigenvalue weighted by Crippen LogP contribution is -2.04. The van der Waals surface area contributed by atoms with Gasteiger partial charge in [0.15, 0.2) is 5.13 Å². The molecule has 3 rings (SSSR count). The summed E-state index contributed by atoms with van der Waals surface area (Å²) in [7, 11) is 0. The molecular formula is C17H16N2O2S. The zero-order valence-corrected chi connectivity index (χ0v) is 12.8. The van der Waals surface area contributed by atoms with E-state index >= 15 is 0 Å². The Morgan fingerprint density at radius 2 is 1.95 bits per heavy atom. The highest BCUT2D eigenvalue weighted by Crippen LogP contribution is 2.27. The fraction of sp³-hybridized carbons (Fsp3) is 0.176. The van der Waals surface area contributed by atoms with Crippen LogP contribution >= 0.6 is 11.3 Å². The maximum absolute atomic E-state index is 10.8. The van der Waals surface area contributed by atoms with Crippen LogP contribution in [0.2, 0.25) is 0 Å². The van der Waals surface area contributed by atoms with Crippen LogP contribution in [0.1, 0.15) is 11.1 Å². The molecule has 5 heteroatoms. The number of carboxylic acid groups (broad SMARTS) is 1. The van der Waals surface area contributed by atoms with Gasteiger partial charge in [-0.25, -0.2) is 4.98 Å². The van der Waals surface area contributed by atoms with Crippen molar-refractivity contribution in [1.82, 2.24) is 4.98 Å². The van der Waals surface area contributed by atoms with Gasteiger partial charge in [-0.3, -0.25) is 4.79 Å². The third-order valence-electron chi connectivity index (χ3n) is 3.34. The molecule has 0 aliphatic rings. The van der Waals surface area contributed by atoms with Gasteiger partial charge in [-0.15, -0.1) is 0 Å². The van der Waals surface area contributed by atoms with Gasteiger partial charge in [0.25, 0.3) is 0 Å². The summed E-state index contributed by atoms with van der Waals surface area (Å²) in [6.07, 6.45) is 0.992. The zero-order valence-electron chi connectivity index (χ0n) is 12.0. The van der Waals surface area contributed by atoms with Crippen LogP contribution in [0.25, 0.3) is 10.2 Å². The maximum atomic E-state index is 10.8. The first-order valence-corrected chi connectivity index (χ1v) is 7.91. The van der Waals surface area contributed by atoms with Crippen molar-refractivity contribution in [3.8, 4) is 0 Å². The first-order chi connectivity index (χ1) is 10.7. The van der Waals surface area contributed by atoms with Crippen molar-refractivity contribution in [3.05, 3.63) is 59.7 Å². The molecule has 2 N–H and O–H groups in total. The molecule has 2 aromatic carbocycles. The zero-order chi connectivity index (χ0) is 15.4. The van der Waals surface area contributed by atoms with Crippen molar-refractivity contribution >= 4 is 32.7 Å². The van der Waals surface area contributed by atoms with Crippen LogP contribution in [-0.4, -0.2) is 22.6 Å². The van der Waals surface area contributed by atoms with E-state index in [4.69, 9.17) is 5.11 Å². The van der Waals surface area contributed by atoms with Crippen molar-refractivity contribution in [2.24, 2.45) is 0 Å². The molecular weight excluding hydrogens is 296 g/mol. The Labute approximate surface area is 132 Å². The number of thiazole rings is 1. The molecule has 1 heterocycles. The molecule has 0 unspecified atom stereocenters. The Morgan fingerprint density at radius 1 is 1.14 bits per heavy atom. The molecule has 1 aromatic heterocycles. The lowest BCUT2D eigenvalue weighted by Gasteiger charge is -2.02. The summed E-state index contributed by atoms with van der Waals surface area (Å²) in [4.78, 5) is 15.3. The van der Waals surface area contributed by atoms with Gasteiger partial charge in [0.05, 0.1) is 16.6 Å². The number of rotatable bonds is 6. The van der Waals surface area contributed by atoms with Crippen molar-refractivity contribution in [3.63, 3.8) is 0 Å². The van der Waals surface area contributed by atoms with E-state index in [2.05, 4.69) is 22.4 Å². The van der Waals surface area contributed by atoms with E-state index in [0.717, 1.165) is 33.9 Å². The number of benzene rings is 2. The monoisotopic (exact) mass is 312 g/mol. The molecule has 0 fully saturated rings. The SMILES string of the molecule is O=C(O)Cc1ccc2nc(NCCc3ccccc3)sc2c1. The van der Waals surface area contributed by atoms with Crippen molar-refractivity contribution in [2.45, 2.75) is 12.8 Å². The Hall–Kier alpha value is -2.40. The second kappa shape index (κ2) is 6.58. The predicted octanol–water partition coefficient (Wildman–Crippen LogP) is 3.58. The van der Waals surface area contributed by atoms with Crippen LogP contribution in [-0.2, 0) is 17.6 Å². The highest BCUT2D eigenvalue weighted by Gasteiger charge is 2.06. The summed E-state index contributed by atoms with van der Waals surface area (Å²) in [5, 5.41) is 13.1. The summed E-state index contributed by atoms with van der Waals surface area (Å²) in [5.41, 5.74) is 3.00. The largest absolute Gasteiger partial charge is 0.481 e. The summed E-state index contributed by atoms with van der Waals surface area (Å²) in [6, 6.07) is 15.9. The molecule has 0 spiro atoms. The number of aromatic nitrogens is 1. The molecule has 0 amide bonds. The molecule has 0 saturated carbocycles. The standard InChI is InChI=1S/C17H16N2O2S/c20-16(21)11-13-6-7-14-15(10-13)22-17(19-14)18-9-8-12-4-2-1-3-5-12/h1-7,10H,8-9,11H2,(H,18,19)(H,20,21). The summed E-state index contributed by atoms with van der Waals surface area (Å²) >= 11 is 1.56. The van der Waals surface area contributed by atoms with Gasteiger partial charge < -0.3 is 10.4 Å². The van der Waals surface area contributed by atoms with Gasteiger partial charge in [0.1, 0.15) is 0 Å². The average Bonchev–Trinajstić information content (AvgIpc) is 2.89. The number of nitrogens with one attached hydrogen (secondary N) is 1. The minimum Gasteiger partial charge on any atom is -0.481 e. The molecule has 0 bridgehead atoms. The first kappa shape index (κ1) is 14.5. The van der Waals surface area contributed by atoms with E-state index in [1.807, 2.05) is 36.4 Å². The number of nitrogens with zero attached hydrogens (tertiary/aromatic N) is 1. The van der Waals surface area contributed by atoms with Gasteiger partial charge in [-0.05, 0) is 29.7 Å². The van der Waals surface area contributed by atoms with Gasteiger partial charge >= 0.3 is 5.97 Å². The molecule has 0 radical (unpaired) electrons. The molecule has 112 valence electrons. The van der Waals surface area contributed by atoms with Crippen LogP contribution in [0.15, 0.2) is 48.5 Å². The molecule has 0 aliphatic heterocycles. The van der Waals surface area contributed by atoms with E-state index in [9.17, 15) is 4.79 Å². The maximum Gasteiger partial charge on any atom is 0.307 e. The smallest absolute Gasteiger partial charge is 0.307 e. The summed E-state index contributed by atoms with van der Waals surface area (Å²) in [5.74, 6) is -0.815. The number of anilines is 1. The van der Waals surface area contributed by atoms with Gasteiger partial charge in [-0.1, -0.05) is 47.7 Å². The van der Waals surface area contributed by atoms with Crippen molar-refractivity contribution in [2.75, 3.05) is 11.9 Å². The van der Waals surface area contributed by atoms with Crippen molar-refractivity contribution in [1.29, 1.82) is 0 Å². The van der Waals surface area contributed by atoms with Crippen LogP contribution < -0.4 is 5.32 Å². The number of carboxylic acids is 1. The molecule has 0 saturated heterocycles. The molecule has 0 atom stereocenters. The Bertz CT molecular complexity index is 784. The van der Waals surface area contributed by atoms with Crippen molar-refractivity contribution < 1.29 is 9.90 Å². The fourth-order valence-electron chi connectivity index (χ4n) is 2.29. The average molecular weight is 312 g/mol. The second-order valence-electron chi connectivity index (χ2n) is 5.05. The van der Waals surface area contributed by atoms with E-state index in [1.165, 1.54) is 5.56 Å². The second-order valence-corrected chi connectivity index (χ2v) is 6.08. The van der Waals surface area contributed by atoms with Crippen LogP contribution in [0.5, 0.6) is 0 Å². The topological polar surface area (TPSA) is 62.2 Å². The quantitative estimate of drug-likeness (QED) is 0.730. The minimum atomic E-state index is -0.815. The number of carbonyl (C=O) groups is 1. The minimum absolute atomic E-state index is 0.0462. The first-order valence-electron chi connectivity index (χ1n) is 7.10. The van der Waals surface area contributed by atoms with E-state index in [-0.39, 0.29) is 6.42 Å². The van der Waals surface area contributed by atoms with E-state index in [1.54, 1.807) is 11.3 Å². The normalized spacial score (nSPS) is 10.7. The number of hydrogen-bond donors (Lipinski definition) is 2. The van der Waals surface area contributed by atoms with Crippen LogP contribution in [0.4, 0.5) is 5.13 Å². The van der Waals surface area contributed by atoms with E-state index < -0.39 is 5.97 Å². The number of fused-ring (bicyclic) bond motifs is 1.